The first-order valence-corrected chi connectivity index (χ1v) is 6.99. The third kappa shape index (κ3) is 4.14. The Morgan fingerprint density at radius 1 is 1.47 bits per heavy atom. The Morgan fingerprint density at radius 2 is 2.37 bits per heavy atom. The highest BCUT2D eigenvalue weighted by Crippen LogP contribution is 2.22. The van der Waals surface area contributed by atoms with Gasteiger partial charge < -0.3 is 19.1 Å². The van der Waals surface area contributed by atoms with Gasteiger partial charge in [-0.2, -0.15) is 0 Å². The van der Waals surface area contributed by atoms with E-state index < -0.39 is 6.10 Å². The van der Waals surface area contributed by atoms with Gasteiger partial charge in [-0.3, -0.25) is 0 Å². The van der Waals surface area contributed by atoms with E-state index in [1.165, 1.54) is 0 Å². The summed E-state index contributed by atoms with van der Waals surface area (Å²) in [5, 5.41) is 11.9. The van der Waals surface area contributed by atoms with Crippen molar-refractivity contribution in [2.45, 2.75) is 12.6 Å². The molecule has 5 nitrogen and oxygen atoms in total. The number of methoxy groups -OCH3 is 1. The highest BCUT2D eigenvalue weighted by molar-refractivity contribution is 7.13. The summed E-state index contributed by atoms with van der Waals surface area (Å²) in [6.07, 6.45) is 3.06. The normalized spacial score (nSPS) is 12.7. The van der Waals surface area contributed by atoms with Crippen molar-refractivity contribution in [3.8, 4) is 10.7 Å². The van der Waals surface area contributed by atoms with Crippen LogP contribution in [0.3, 0.4) is 0 Å². The molecule has 0 radical (unpaired) electrons. The van der Waals surface area contributed by atoms with Gasteiger partial charge in [0.05, 0.1) is 37.3 Å². The topological polar surface area (TPSA) is 56.5 Å². The summed E-state index contributed by atoms with van der Waals surface area (Å²) in [6.45, 7) is 1.80. The van der Waals surface area contributed by atoms with Crippen LogP contribution in [0.2, 0.25) is 0 Å². The van der Waals surface area contributed by atoms with Crippen LogP contribution in [0.1, 0.15) is 0 Å². The van der Waals surface area contributed by atoms with Gasteiger partial charge in [0.2, 0.25) is 0 Å². The van der Waals surface area contributed by atoms with Crippen molar-refractivity contribution in [2.75, 3.05) is 26.9 Å². The maximum atomic E-state index is 9.93. The Balaban J connectivity index is 1.87. The molecule has 104 valence electrons. The molecular weight excluding hydrogens is 264 g/mol. The molecule has 0 aliphatic rings. The fraction of sp³-hybridized carbons (Fsp3) is 0.462. The molecular formula is C13H18N2O3S. The van der Waals surface area contributed by atoms with Gasteiger partial charge in [0, 0.05) is 19.5 Å². The predicted octanol–water partition coefficient (Wildman–Crippen LogP) is 1.64. The van der Waals surface area contributed by atoms with Gasteiger partial charge >= 0.3 is 0 Å². The smallest absolute Gasteiger partial charge is 0.150 e. The largest absolute Gasteiger partial charge is 0.389 e. The molecule has 1 N–H and O–H groups in total. The summed E-state index contributed by atoms with van der Waals surface area (Å²) in [5.41, 5.74) is 0. The maximum Gasteiger partial charge on any atom is 0.150 e. The monoisotopic (exact) mass is 282 g/mol. The SMILES string of the molecule is COCCOCC(O)Cn1ccnc1-c1cccs1. The molecule has 19 heavy (non-hydrogen) atoms. The molecule has 0 aromatic carbocycles. The lowest BCUT2D eigenvalue weighted by atomic mass is 10.3. The van der Waals surface area contributed by atoms with E-state index in [1.54, 1.807) is 24.6 Å². The van der Waals surface area contributed by atoms with E-state index in [0.29, 0.717) is 26.4 Å². The summed E-state index contributed by atoms with van der Waals surface area (Å²) in [6, 6.07) is 4.01. The second-order valence-electron chi connectivity index (χ2n) is 4.10. The van der Waals surface area contributed by atoms with Gasteiger partial charge in [-0.1, -0.05) is 6.07 Å². The molecule has 2 heterocycles. The first-order chi connectivity index (χ1) is 9.31. The number of thiophene rings is 1. The Bertz CT molecular complexity index is 470. The van der Waals surface area contributed by atoms with Crippen molar-refractivity contribution in [3.63, 3.8) is 0 Å². The fourth-order valence-corrected chi connectivity index (χ4v) is 2.47. The summed E-state index contributed by atoms with van der Waals surface area (Å²) < 4.78 is 12.1. The van der Waals surface area contributed by atoms with E-state index >= 15 is 0 Å². The van der Waals surface area contributed by atoms with Gasteiger partial charge in [0.15, 0.2) is 0 Å². The Hall–Kier alpha value is -1.21. The minimum absolute atomic E-state index is 0.297. The molecule has 0 aliphatic carbocycles. The number of aliphatic hydroxyl groups is 1. The number of aromatic nitrogens is 2. The third-order valence-corrected chi connectivity index (χ3v) is 3.47. The van der Waals surface area contributed by atoms with Crippen molar-refractivity contribution in [3.05, 3.63) is 29.9 Å². The van der Waals surface area contributed by atoms with Gasteiger partial charge in [0.1, 0.15) is 5.82 Å². The molecule has 0 amide bonds. The van der Waals surface area contributed by atoms with E-state index in [-0.39, 0.29) is 0 Å². The summed E-state index contributed by atoms with van der Waals surface area (Å²) in [5.74, 6) is 0.881. The van der Waals surface area contributed by atoms with Crippen LogP contribution >= 0.6 is 11.3 Å². The summed E-state index contributed by atoms with van der Waals surface area (Å²) >= 11 is 1.63. The molecule has 2 rings (SSSR count). The summed E-state index contributed by atoms with van der Waals surface area (Å²) in [4.78, 5) is 5.42. The maximum absolute atomic E-state index is 9.93. The lowest BCUT2D eigenvalue weighted by molar-refractivity contribution is 0.00739. The minimum Gasteiger partial charge on any atom is -0.389 e. The third-order valence-electron chi connectivity index (χ3n) is 2.61. The van der Waals surface area contributed by atoms with Crippen LogP contribution < -0.4 is 0 Å². The van der Waals surface area contributed by atoms with Crippen molar-refractivity contribution in [1.29, 1.82) is 0 Å². The molecule has 0 saturated carbocycles. The lowest BCUT2D eigenvalue weighted by Crippen LogP contribution is -2.23. The van der Waals surface area contributed by atoms with Gasteiger partial charge in [-0.25, -0.2) is 4.98 Å². The van der Waals surface area contributed by atoms with Crippen LogP contribution in [0.4, 0.5) is 0 Å². The van der Waals surface area contributed by atoms with Gasteiger partial charge in [-0.05, 0) is 11.4 Å². The zero-order chi connectivity index (χ0) is 13.5. The number of rotatable bonds is 8. The Morgan fingerprint density at radius 3 is 3.11 bits per heavy atom. The molecule has 0 bridgehead atoms. The number of hydrogen-bond acceptors (Lipinski definition) is 5. The highest BCUT2D eigenvalue weighted by Gasteiger charge is 2.11. The standard InChI is InChI=1S/C13H18N2O3S/c1-17-6-7-18-10-11(16)9-15-5-4-14-13(15)12-3-2-8-19-12/h2-5,8,11,16H,6-7,9-10H2,1H3. The molecule has 2 aromatic heterocycles. The van der Waals surface area contributed by atoms with Crippen molar-refractivity contribution < 1.29 is 14.6 Å². The number of ether oxygens (including phenoxy) is 2. The predicted molar refractivity (Wildman–Crippen MR) is 74.2 cm³/mol. The molecule has 0 fully saturated rings. The van der Waals surface area contributed by atoms with Crippen molar-refractivity contribution >= 4 is 11.3 Å². The molecule has 1 atom stereocenters. The van der Waals surface area contributed by atoms with Crippen LogP contribution in [-0.4, -0.2) is 47.7 Å². The lowest BCUT2D eigenvalue weighted by Gasteiger charge is -2.13. The van der Waals surface area contributed by atoms with E-state index in [2.05, 4.69) is 4.98 Å². The van der Waals surface area contributed by atoms with Gasteiger partial charge in [-0.15, -0.1) is 11.3 Å². The van der Waals surface area contributed by atoms with Crippen LogP contribution in [0.5, 0.6) is 0 Å². The van der Waals surface area contributed by atoms with Crippen LogP contribution in [0.25, 0.3) is 10.7 Å². The Labute approximate surface area is 116 Å². The average molecular weight is 282 g/mol. The van der Waals surface area contributed by atoms with Crippen molar-refractivity contribution in [1.82, 2.24) is 9.55 Å². The van der Waals surface area contributed by atoms with E-state index in [1.807, 2.05) is 28.3 Å². The number of imidazole rings is 1. The number of nitrogens with zero attached hydrogens (tertiary/aromatic N) is 2. The van der Waals surface area contributed by atoms with Gasteiger partial charge in [0.25, 0.3) is 0 Å². The first kappa shape index (κ1) is 14.2. The van der Waals surface area contributed by atoms with E-state index in [9.17, 15) is 5.11 Å². The number of hydrogen-bond donors (Lipinski definition) is 1. The highest BCUT2D eigenvalue weighted by atomic mass is 32.1. The molecule has 2 aromatic rings. The second kappa shape index (κ2) is 7.40. The van der Waals surface area contributed by atoms with E-state index in [4.69, 9.17) is 9.47 Å². The van der Waals surface area contributed by atoms with Crippen molar-refractivity contribution in [2.24, 2.45) is 0 Å². The first-order valence-electron chi connectivity index (χ1n) is 6.11. The zero-order valence-electron chi connectivity index (χ0n) is 10.9. The van der Waals surface area contributed by atoms with Crippen LogP contribution in [0, 0.1) is 0 Å². The summed E-state index contributed by atoms with van der Waals surface area (Å²) in [7, 11) is 1.62. The zero-order valence-corrected chi connectivity index (χ0v) is 11.7. The van der Waals surface area contributed by atoms with E-state index in [0.717, 1.165) is 10.7 Å². The second-order valence-corrected chi connectivity index (χ2v) is 5.05. The van der Waals surface area contributed by atoms with Crippen LogP contribution in [0.15, 0.2) is 29.9 Å². The molecule has 0 spiro atoms. The van der Waals surface area contributed by atoms with Crippen LogP contribution in [-0.2, 0) is 16.0 Å². The minimum atomic E-state index is -0.551. The molecule has 0 aliphatic heterocycles. The molecule has 0 saturated heterocycles. The molecule has 6 heteroatoms. The fourth-order valence-electron chi connectivity index (χ4n) is 1.73. The molecule has 1 unspecified atom stereocenters. The Kier molecular flexibility index (Phi) is 5.53. The number of aliphatic hydroxyl groups excluding tert-OH is 1. The quantitative estimate of drug-likeness (QED) is 0.748. The average Bonchev–Trinajstić information content (AvgIpc) is 3.04.